The Labute approximate surface area is 115 Å². The summed E-state index contributed by atoms with van der Waals surface area (Å²) < 4.78 is 11.0. The topological polar surface area (TPSA) is 18.5 Å². The Morgan fingerprint density at radius 2 is 1.63 bits per heavy atom. The van der Waals surface area contributed by atoms with Gasteiger partial charge >= 0.3 is 7.12 Å². The van der Waals surface area contributed by atoms with Gasteiger partial charge in [-0.15, -0.1) is 0 Å². The first kappa shape index (κ1) is 13.8. The Kier molecular flexibility index (Phi) is 5.19. The predicted octanol–water partition coefficient (Wildman–Crippen LogP) is 3.95. The lowest BCUT2D eigenvalue weighted by Gasteiger charge is -2.07. The second-order valence-electron chi connectivity index (χ2n) is 4.24. The summed E-state index contributed by atoms with van der Waals surface area (Å²) in [5.41, 5.74) is 1.16. The van der Waals surface area contributed by atoms with Crippen molar-refractivity contribution >= 4 is 24.0 Å². The molecule has 0 radical (unpaired) electrons. The lowest BCUT2D eigenvalue weighted by atomic mass is 9.88. The van der Waals surface area contributed by atoms with Gasteiger partial charge in [0.05, 0.1) is 0 Å². The van der Waals surface area contributed by atoms with Gasteiger partial charge in [0.1, 0.15) is 0 Å². The third-order valence-electron chi connectivity index (χ3n) is 2.88. The summed E-state index contributed by atoms with van der Waals surface area (Å²) >= 11 is 0. The van der Waals surface area contributed by atoms with E-state index in [4.69, 9.17) is 9.31 Å². The van der Waals surface area contributed by atoms with Gasteiger partial charge in [0.25, 0.3) is 0 Å². The number of fused-ring (bicyclic) bond motifs is 1. The molecule has 0 heterocycles. The molecule has 0 fully saturated rings. The van der Waals surface area contributed by atoms with E-state index in [1.54, 1.807) is 0 Å². The van der Waals surface area contributed by atoms with Crippen LogP contribution < -0.4 is 0 Å². The molecule has 19 heavy (non-hydrogen) atoms. The summed E-state index contributed by atoms with van der Waals surface area (Å²) in [7, 11) is -0.263. The molecule has 0 aliphatic heterocycles. The highest BCUT2D eigenvalue weighted by Crippen LogP contribution is 2.16. The van der Waals surface area contributed by atoms with Crippen LogP contribution in [0, 0.1) is 0 Å². The first-order chi connectivity index (χ1) is 9.33. The zero-order chi connectivity index (χ0) is 13.5. The van der Waals surface area contributed by atoms with Crippen LogP contribution in [0.2, 0.25) is 0 Å². The molecule has 98 valence electrons. The summed E-state index contributed by atoms with van der Waals surface area (Å²) in [5, 5.41) is 2.50. The van der Waals surface area contributed by atoms with Gasteiger partial charge in [-0.05, 0) is 36.2 Å². The van der Waals surface area contributed by atoms with Gasteiger partial charge in [0, 0.05) is 13.2 Å². The van der Waals surface area contributed by atoms with Crippen LogP contribution >= 0.6 is 0 Å². The lowest BCUT2D eigenvalue weighted by molar-refractivity contribution is 0.224. The van der Waals surface area contributed by atoms with Crippen molar-refractivity contribution in [2.24, 2.45) is 0 Å². The zero-order valence-electron chi connectivity index (χ0n) is 11.5. The highest BCUT2D eigenvalue weighted by molar-refractivity contribution is 6.51. The quantitative estimate of drug-likeness (QED) is 0.726. The Morgan fingerprint density at radius 3 is 2.32 bits per heavy atom. The van der Waals surface area contributed by atoms with Gasteiger partial charge in [-0.3, -0.25) is 0 Å². The van der Waals surface area contributed by atoms with E-state index < -0.39 is 0 Å². The van der Waals surface area contributed by atoms with Gasteiger partial charge in [0.15, 0.2) is 0 Å². The first-order valence-electron chi connectivity index (χ1n) is 6.73. The molecule has 2 nitrogen and oxygen atoms in total. The molecule has 0 amide bonds. The third-order valence-corrected chi connectivity index (χ3v) is 2.88. The number of rotatable bonds is 6. The fourth-order valence-corrected chi connectivity index (χ4v) is 1.99. The van der Waals surface area contributed by atoms with Crippen molar-refractivity contribution in [1.29, 1.82) is 0 Å². The highest BCUT2D eigenvalue weighted by atomic mass is 16.6. The highest BCUT2D eigenvalue weighted by Gasteiger charge is 2.11. The minimum Gasteiger partial charge on any atom is -0.408 e. The summed E-state index contributed by atoms with van der Waals surface area (Å²) in [6.45, 7) is 5.23. The van der Waals surface area contributed by atoms with Gasteiger partial charge in [-0.25, -0.2) is 0 Å². The Bertz CT molecular complexity index is 545. The molecule has 0 unspecified atom stereocenters. The van der Waals surface area contributed by atoms with Crippen LogP contribution in [0.25, 0.3) is 16.8 Å². The fourth-order valence-electron chi connectivity index (χ4n) is 1.99. The minimum absolute atomic E-state index is 0.263. The van der Waals surface area contributed by atoms with Gasteiger partial charge < -0.3 is 9.31 Å². The smallest absolute Gasteiger partial charge is 0.408 e. The predicted molar refractivity (Wildman–Crippen MR) is 82.0 cm³/mol. The van der Waals surface area contributed by atoms with E-state index in [1.165, 1.54) is 10.8 Å². The van der Waals surface area contributed by atoms with Crippen molar-refractivity contribution in [3.8, 4) is 0 Å². The van der Waals surface area contributed by atoms with E-state index in [0.717, 1.165) is 5.56 Å². The molecule has 0 aromatic heterocycles. The molecule has 3 heteroatoms. The molecule has 2 rings (SSSR count). The second-order valence-corrected chi connectivity index (χ2v) is 4.24. The molecule has 0 N–H and O–H groups in total. The fraction of sp³-hybridized carbons (Fsp3) is 0.250. The monoisotopic (exact) mass is 254 g/mol. The summed E-state index contributed by atoms with van der Waals surface area (Å²) in [4.78, 5) is 0. The maximum atomic E-state index is 5.48. The van der Waals surface area contributed by atoms with E-state index in [1.807, 2.05) is 25.9 Å². The molecule has 2 aromatic carbocycles. The van der Waals surface area contributed by atoms with Crippen LogP contribution in [0.3, 0.4) is 0 Å². The minimum atomic E-state index is -0.263. The van der Waals surface area contributed by atoms with Crippen LogP contribution in [0.1, 0.15) is 19.4 Å². The lowest BCUT2D eigenvalue weighted by Crippen LogP contribution is -2.20. The molecular weight excluding hydrogens is 235 g/mol. The average molecular weight is 254 g/mol. The van der Waals surface area contributed by atoms with Crippen LogP contribution in [-0.4, -0.2) is 20.3 Å². The van der Waals surface area contributed by atoms with Crippen molar-refractivity contribution in [1.82, 2.24) is 0 Å². The molecule has 0 atom stereocenters. The van der Waals surface area contributed by atoms with E-state index in [9.17, 15) is 0 Å². The maximum absolute atomic E-state index is 5.48. The molecule has 0 aliphatic carbocycles. The molecule has 0 aliphatic rings. The summed E-state index contributed by atoms with van der Waals surface area (Å²) in [6.07, 6.45) is 2.04. The molecular formula is C16H19BO2. The largest absolute Gasteiger partial charge is 0.486 e. The van der Waals surface area contributed by atoms with Crippen molar-refractivity contribution in [3.05, 3.63) is 54.0 Å². The SMILES string of the molecule is CCOB(/C=C/c1ccc2ccccc2c1)OCC. The average Bonchev–Trinajstić information content (AvgIpc) is 2.45. The Hall–Kier alpha value is -1.58. The Morgan fingerprint density at radius 1 is 0.947 bits per heavy atom. The molecule has 0 saturated heterocycles. The standard InChI is InChI=1S/C16H19BO2/c1-3-18-17(19-4-2)12-11-14-9-10-15-7-5-6-8-16(15)13-14/h5-13H,3-4H2,1-2H3/b12-11+. The van der Waals surface area contributed by atoms with E-state index >= 15 is 0 Å². The van der Waals surface area contributed by atoms with Gasteiger partial charge in [-0.1, -0.05) is 48.4 Å². The van der Waals surface area contributed by atoms with Gasteiger partial charge in [0.2, 0.25) is 0 Å². The summed E-state index contributed by atoms with van der Waals surface area (Å²) in [5.74, 6) is 1.96. The maximum Gasteiger partial charge on any atom is 0.486 e. The number of hydrogen-bond donors (Lipinski definition) is 0. The molecule has 2 aromatic rings. The van der Waals surface area contributed by atoms with Crippen molar-refractivity contribution < 1.29 is 9.31 Å². The third kappa shape index (κ3) is 3.95. The normalized spacial score (nSPS) is 11.3. The van der Waals surface area contributed by atoms with Crippen LogP contribution in [0.4, 0.5) is 0 Å². The van der Waals surface area contributed by atoms with E-state index in [-0.39, 0.29) is 7.12 Å². The first-order valence-corrected chi connectivity index (χ1v) is 6.73. The zero-order valence-corrected chi connectivity index (χ0v) is 11.5. The van der Waals surface area contributed by atoms with Crippen LogP contribution in [0.5, 0.6) is 0 Å². The van der Waals surface area contributed by atoms with Crippen molar-refractivity contribution in [2.45, 2.75) is 13.8 Å². The van der Waals surface area contributed by atoms with Crippen LogP contribution in [0.15, 0.2) is 48.4 Å². The second kappa shape index (κ2) is 7.12. The molecule has 0 saturated carbocycles. The Balaban J connectivity index is 2.15. The number of benzene rings is 2. The summed E-state index contributed by atoms with van der Waals surface area (Å²) in [6, 6.07) is 14.7. The number of hydrogen-bond acceptors (Lipinski definition) is 2. The van der Waals surface area contributed by atoms with Crippen molar-refractivity contribution in [3.63, 3.8) is 0 Å². The molecule has 0 spiro atoms. The van der Waals surface area contributed by atoms with E-state index in [0.29, 0.717) is 13.2 Å². The van der Waals surface area contributed by atoms with Gasteiger partial charge in [-0.2, -0.15) is 0 Å². The molecule has 0 bridgehead atoms. The van der Waals surface area contributed by atoms with E-state index in [2.05, 4.69) is 42.5 Å². The van der Waals surface area contributed by atoms with Crippen molar-refractivity contribution in [2.75, 3.05) is 13.2 Å². The van der Waals surface area contributed by atoms with Crippen LogP contribution in [-0.2, 0) is 9.31 Å².